The first-order valence-corrected chi connectivity index (χ1v) is 6.54. The van der Waals surface area contributed by atoms with Crippen molar-refractivity contribution in [2.45, 2.75) is 13.0 Å². The van der Waals surface area contributed by atoms with Gasteiger partial charge in [-0.2, -0.15) is 0 Å². The van der Waals surface area contributed by atoms with Gasteiger partial charge in [0.1, 0.15) is 5.75 Å². The number of fused-ring (bicyclic) bond motifs is 1. The predicted molar refractivity (Wildman–Crippen MR) is 79.6 cm³/mol. The molecule has 22 heavy (non-hydrogen) atoms. The quantitative estimate of drug-likeness (QED) is 0.762. The van der Waals surface area contributed by atoms with Crippen LogP contribution in [0, 0.1) is 0 Å². The number of rotatable bonds is 2. The number of amides is 2. The molecule has 2 amide bonds. The van der Waals surface area contributed by atoms with E-state index in [4.69, 9.17) is 10.5 Å². The molecule has 8 nitrogen and oxygen atoms in total. The average molecular weight is 299 g/mol. The Hall–Kier alpha value is -3.16. The number of nitrogen functional groups attached to an aromatic ring is 1. The molecule has 0 unspecified atom stereocenters. The van der Waals surface area contributed by atoms with Crippen molar-refractivity contribution in [2.75, 3.05) is 16.4 Å². The van der Waals surface area contributed by atoms with Crippen LogP contribution in [-0.4, -0.2) is 27.9 Å². The minimum absolute atomic E-state index is 0.0362. The second-order valence-corrected chi connectivity index (χ2v) is 4.70. The van der Waals surface area contributed by atoms with Crippen molar-refractivity contribution in [3.63, 3.8) is 0 Å². The van der Waals surface area contributed by atoms with Crippen molar-refractivity contribution in [1.82, 2.24) is 9.97 Å². The summed E-state index contributed by atoms with van der Waals surface area (Å²) in [5.41, 5.74) is 6.62. The van der Waals surface area contributed by atoms with Gasteiger partial charge in [0.15, 0.2) is 17.6 Å². The van der Waals surface area contributed by atoms with Crippen LogP contribution in [0.25, 0.3) is 0 Å². The molecule has 0 radical (unpaired) electrons. The summed E-state index contributed by atoms with van der Waals surface area (Å²) in [6.45, 7) is 1.66. The number of nitrogens with one attached hydrogen (secondary N) is 2. The number of hydrogen-bond donors (Lipinski definition) is 3. The van der Waals surface area contributed by atoms with Gasteiger partial charge in [0.25, 0.3) is 11.8 Å². The SMILES string of the molecule is C[C@@H]1Oc2ccc(NC(=O)c3nccnc3N)cc2NC1=O. The highest BCUT2D eigenvalue weighted by molar-refractivity contribution is 6.06. The molecule has 1 aromatic carbocycles. The molecule has 1 aliphatic heterocycles. The predicted octanol–water partition coefficient (Wildman–Crippen LogP) is 1.03. The molecule has 0 saturated heterocycles. The Balaban J connectivity index is 1.82. The van der Waals surface area contributed by atoms with Gasteiger partial charge in [-0.15, -0.1) is 0 Å². The van der Waals surface area contributed by atoms with Crippen molar-refractivity contribution in [2.24, 2.45) is 0 Å². The van der Waals surface area contributed by atoms with Gasteiger partial charge in [0.2, 0.25) is 0 Å². The van der Waals surface area contributed by atoms with Crippen LogP contribution < -0.4 is 21.1 Å². The topological polar surface area (TPSA) is 119 Å². The van der Waals surface area contributed by atoms with Crippen LogP contribution in [0.15, 0.2) is 30.6 Å². The molecule has 112 valence electrons. The maximum atomic E-state index is 12.1. The number of benzene rings is 1. The fourth-order valence-corrected chi connectivity index (χ4v) is 2.00. The van der Waals surface area contributed by atoms with E-state index in [0.29, 0.717) is 17.1 Å². The zero-order chi connectivity index (χ0) is 15.7. The molecule has 3 rings (SSSR count). The molecule has 0 bridgehead atoms. The smallest absolute Gasteiger partial charge is 0.278 e. The monoisotopic (exact) mass is 299 g/mol. The van der Waals surface area contributed by atoms with Gasteiger partial charge in [-0.1, -0.05) is 0 Å². The molecular weight excluding hydrogens is 286 g/mol. The molecule has 0 saturated carbocycles. The summed E-state index contributed by atoms with van der Waals surface area (Å²) in [5, 5.41) is 5.35. The fourth-order valence-electron chi connectivity index (χ4n) is 2.00. The van der Waals surface area contributed by atoms with Gasteiger partial charge in [-0.05, 0) is 25.1 Å². The van der Waals surface area contributed by atoms with E-state index in [0.717, 1.165) is 0 Å². The number of anilines is 3. The van der Waals surface area contributed by atoms with Gasteiger partial charge in [-0.25, -0.2) is 9.97 Å². The maximum Gasteiger partial charge on any atom is 0.278 e. The Morgan fingerprint density at radius 3 is 2.91 bits per heavy atom. The molecule has 8 heteroatoms. The number of aromatic nitrogens is 2. The lowest BCUT2D eigenvalue weighted by atomic mass is 10.2. The van der Waals surface area contributed by atoms with Gasteiger partial charge < -0.3 is 21.1 Å². The highest BCUT2D eigenvalue weighted by atomic mass is 16.5. The first-order valence-electron chi connectivity index (χ1n) is 6.54. The zero-order valence-electron chi connectivity index (χ0n) is 11.7. The molecular formula is C14H13N5O3. The number of carbonyl (C=O) groups excluding carboxylic acids is 2. The summed E-state index contributed by atoms with van der Waals surface area (Å²) in [5.74, 6) is -0.136. The molecule has 1 aliphatic rings. The first kappa shape index (κ1) is 13.8. The number of nitrogens with two attached hydrogens (primary N) is 1. The molecule has 1 atom stereocenters. The van der Waals surface area contributed by atoms with Gasteiger partial charge in [0.05, 0.1) is 5.69 Å². The summed E-state index contributed by atoms with van der Waals surface area (Å²) in [6.07, 6.45) is 2.24. The normalized spacial score (nSPS) is 16.2. The van der Waals surface area contributed by atoms with Gasteiger partial charge >= 0.3 is 0 Å². The Kier molecular flexibility index (Phi) is 3.34. The third-order valence-electron chi connectivity index (χ3n) is 3.11. The zero-order valence-corrected chi connectivity index (χ0v) is 11.7. The molecule has 0 aliphatic carbocycles. The summed E-state index contributed by atoms with van der Waals surface area (Å²) < 4.78 is 5.44. The first-order chi connectivity index (χ1) is 10.5. The number of nitrogens with zero attached hydrogens (tertiary/aromatic N) is 2. The van der Waals surface area contributed by atoms with E-state index in [1.165, 1.54) is 12.4 Å². The summed E-state index contributed by atoms with van der Waals surface area (Å²) in [6, 6.07) is 4.93. The van der Waals surface area contributed by atoms with Crippen LogP contribution in [0.5, 0.6) is 5.75 Å². The van der Waals surface area contributed by atoms with Crippen molar-refractivity contribution < 1.29 is 14.3 Å². The molecule has 1 aromatic heterocycles. The molecule has 4 N–H and O–H groups in total. The van der Waals surface area contributed by atoms with E-state index in [2.05, 4.69) is 20.6 Å². The standard InChI is InChI=1S/C14H13N5O3/c1-7-13(20)19-9-6-8(2-3-10(9)22-7)18-14(21)11-12(15)17-5-4-16-11/h2-7H,1H3,(H2,15,17)(H,18,21)(H,19,20)/t7-/m0/s1. The molecule has 0 fully saturated rings. The van der Waals surface area contributed by atoms with Crippen molar-refractivity contribution in [3.05, 3.63) is 36.3 Å². The van der Waals surface area contributed by atoms with E-state index >= 15 is 0 Å². The minimum Gasteiger partial charge on any atom is -0.479 e. The summed E-state index contributed by atoms with van der Waals surface area (Å²) in [4.78, 5) is 31.4. The van der Waals surface area contributed by atoms with Gasteiger partial charge in [0, 0.05) is 18.1 Å². The number of hydrogen-bond acceptors (Lipinski definition) is 6. The highest BCUT2D eigenvalue weighted by Crippen LogP contribution is 2.32. The van der Waals surface area contributed by atoms with E-state index < -0.39 is 12.0 Å². The van der Waals surface area contributed by atoms with Crippen molar-refractivity contribution >= 4 is 29.0 Å². The van der Waals surface area contributed by atoms with E-state index in [1.54, 1.807) is 25.1 Å². The van der Waals surface area contributed by atoms with E-state index in [1.807, 2.05) is 0 Å². The molecule has 0 spiro atoms. The van der Waals surface area contributed by atoms with Gasteiger partial charge in [-0.3, -0.25) is 9.59 Å². The summed E-state index contributed by atoms with van der Waals surface area (Å²) in [7, 11) is 0. The van der Waals surface area contributed by atoms with Crippen LogP contribution >= 0.6 is 0 Å². The van der Waals surface area contributed by atoms with Crippen LogP contribution in [0.2, 0.25) is 0 Å². The fraction of sp³-hybridized carbons (Fsp3) is 0.143. The lowest BCUT2D eigenvalue weighted by molar-refractivity contribution is -0.122. The Morgan fingerprint density at radius 1 is 1.36 bits per heavy atom. The second kappa shape index (κ2) is 5.32. The van der Waals surface area contributed by atoms with Crippen LogP contribution in [-0.2, 0) is 4.79 Å². The highest BCUT2D eigenvalue weighted by Gasteiger charge is 2.23. The van der Waals surface area contributed by atoms with E-state index in [9.17, 15) is 9.59 Å². The molecule has 2 aromatic rings. The Bertz CT molecular complexity index is 762. The van der Waals surface area contributed by atoms with E-state index in [-0.39, 0.29) is 17.4 Å². The third kappa shape index (κ3) is 2.53. The van der Waals surface area contributed by atoms with Crippen LogP contribution in [0.3, 0.4) is 0 Å². The van der Waals surface area contributed by atoms with Crippen LogP contribution in [0.4, 0.5) is 17.2 Å². The largest absolute Gasteiger partial charge is 0.479 e. The van der Waals surface area contributed by atoms with Crippen molar-refractivity contribution in [1.29, 1.82) is 0 Å². The Labute approximate surface area is 125 Å². The lowest BCUT2D eigenvalue weighted by Crippen LogP contribution is -2.34. The van der Waals surface area contributed by atoms with Crippen molar-refractivity contribution in [3.8, 4) is 5.75 Å². The number of ether oxygens (including phenoxy) is 1. The molecule has 2 heterocycles. The number of carbonyl (C=O) groups is 2. The summed E-state index contributed by atoms with van der Waals surface area (Å²) >= 11 is 0. The second-order valence-electron chi connectivity index (χ2n) is 4.70. The van der Waals surface area contributed by atoms with Crippen LogP contribution in [0.1, 0.15) is 17.4 Å². The maximum absolute atomic E-state index is 12.1. The third-order valence-corrected chi connectivity index (χ3v) is 3.11. The average Bonchev–Trinajstić information content (AvgIpc) is 2.49. The minimum atomic E-state index is -0.549. The Morgan fingerprint density at radius 2 is 2.14 bits per heavy atom. The lowest BCUT2D eigenvalue weighted by Gasteiger charge is -2.23.